The number of nitrogens with one attached hydrogen (secondary N) is 3. The lowest BCUT2D eigenvalue weighted by molar-refractivity contribution is -0.122. The average Bonchev–Trinajstić information content (AvgIpc) is 3.37. The van der Waals surface area contributed by atoms with Crippen LogP contribution in [0.3, 0.4) is 0 Å². The van der Waals surface area contributed by atoms with E-state index in [1.165, 1.54) is 0 Å². The van der Waals surface area contributed by atoms with E-state index in [-0.39, 0.29) is 30.4 Å². The van der Waals surface area contributed by atoms with Crippen molar-refractivity contribution in [3.8, 4) is 0 Å². The van der Waals surface area contributed by atoms with Crippen molar-refractivity contribution in [2.75, 3.05) is 13.1 Å². The zero-order valence-corrected chi connectivity index (χ0v) is 15.2. The van der Waals surface area contributed by atoms with Crippen molar-refractivity contribution in [2.24, 2.45) is 11.7 Å². The highest BCUT2D eigenvalue weighted by atomic mass is 35.5. The molecule has 24 heavy (non-hydrogen) atoms. The van der Waals surface area contributed by atoms with Crippen LogP contribution in [-0.2, 0) is 11.3 Å². The van der Waals surface area contributed by atoms with E-state index in [1.54, 1.807) is 12.1 Å². The number of halogens is 2. The third kappa shape index (κ3) is 6.19. The van der Waals surface area contributed by atoms with Crippen LogP contribution in [0.4, 0.5) is 4.79 Å². The third-order valence-electron chi connectivity index (χ3n) is 4.10. The Morgan fingerprint density at radius 2 is 1.88 bits per heavy atom. The summed E-state index contributed by atoms with van der Waals surface area (Å²) in [4.78, 5) is 23.7. The Labute approximate surface area is 153 Å². The van der Waals surface area contributed by atoms with E-state index >= 15 is 0 Å². The molecule has 0 radical (unpaired) electrons. The van der Waals surface area contributed by atoms with Gasteiger partial charge in [0.2, 0.25) is 5.91 Å². The highest BCUT2D eigenvalue weighted by molar-refractivity contribution is 6.30. The van der Waals surface area contributed by atoms with Gasteiger partial charge in [-0.15, -0.1) is 12.4 Å². The van der Waals surface area contributed by atoms with Crippen LogP contribution >= 0.6 is 24.0 Å². The maximum atomic E-state index is 11.9. The van der Waals surface area contributed by atoms with Crippen molar-refractivity contribution in [3.05, 3.63) is 34.9 Å². The average molecular weight is 375 g/mol. The van der Waals surface area contributed by atoms with Gasteiger partial charge in [-0.05, 0) is 43.4 Å². The van der Waals surface area contributed by atoms with Gasteiger partial charge >= 0.3 is 6.03 Å². The topological polar surface area (TPSA) is 96.2 Å². The zero-order valence-electron chi connectivity index (χ0n) is 13.6. The summed E-state index contributed by atoms with van der Waals surface area (Å²) in [6.45, 7) is 2.64. The molecule has 1 aliphatic rings. The largest absolute Gasteiger partial charge is 0.348 e. The van der Waals surface area contributed by atoms with E-state index in [1.807, 2.05) is 19.1 Å². The maximum Gasteiger partial charge on any atom is 0.315 e. The number of hydrogen-bond donors (Lipinski definition) is 4. The van der Waals surface area contributed by atoms with E-state index in [0.29, 0.717) is 24.0 Å². The van der Waals surface area contributed by atoms with E-state index in [0.717, 1.165) is 18.4 Å². The molecular formula is C16H24Cl2N4O2. The first kappa shape index (κ1) is 20.5. The van der Waals surface area contributed by atoms with Gasteiger partial charge in [-0.25, -0.2) is 4.79 Å². The normalized spacial score (nSPS) is 15.6. The van der Waals surface area contributed by atoms with Gasteiger partial charge in [0.25, 0.3) is 0 Å². The van der Waals surface area contributed by atoms with Crippen LogP contribution in [0.25, 0.3) is 0 Å². The fraction of sp³-hybridized carbons (Fsp3) is 0.500. The first-order valence-electron chi connectivity index (χ1n) is 7.70. The minimum atomic E-state index is -0.393. The Bertz CT molecular complexity index is 564. The van der Waals surface area contributed by atoms with Crippen molar-refractivity contribution < 1.29 is 9.59 Å². The summed E-state index contributed by atoms with van der Waals surface area (Å²) >= 11 is 5.80. The van der Waals surface area contributed by atoms with Gasteiger partial charge in [0.15, 0.2) is 0 Å². The van der Waals surface area contributed by atoms with Crippen molar-refractivity contribution in [1.82, 2.24) is 16.0 Å². The fourth-order valence-electron chi connectivity index (χ4n) is 2.41. The lowest BCUT2D eigenvalue weighted by Crippen LogP contribution is -2.55. The summed E-state index contributed by atoms with van der Waals surface area (Å²) in [6, 6.07) is 6.79. The van der Waals surface area contributed by atoms with Crippen molar-refractivity contribution in [2.45, 2.75) is 31.8 Å². The molecule has 2 rings (SSSR count). The number of urea groups is 1. The SMILES string of the molecule is CC(CN)(NC(=O)CNC(=O)NCc1ccc(Cl)cc1)C1CC1.Cl. The molecule has 134 valence electrons. The molecule has 1 saturated carbocycles. The summed E-state index contributed by atoms with van der Waals surface area (Å²) in [5, 5.41) is 8.80. The Kier molecular flexibility index (Phi) is 7.79. The molecule has 8 heteroatoms. The van der Waals surface area contributed by atoms with E-state index in [4.69, 9.17) is 17.3 Å². The molecule has 1 atom stereocenters. The van der Waals surface area contributed by atoms with Gasteiger partial charge in [-0.2, -0.15) is 0 Å². The molecule has 0 aromatic heterocycles. The highest BCUT2D eigenvalue weighted by Gasteiger charge is 2.41. The Hall–Kier alpha value is -1.50. The van der Waals surface area contributed by atoms with Crippen molar-refractivity contribution in [3.63, 3.8) is 0 Å². The number of rotatable bonds is 7. The molecule has 5 N–H and O–H groups in total. The fourth-order valence-corrected chi connectivity index (χ4v) is 2.54. The molecule has 0 saturated heterocycles. The lowest BCUT2D eigenvalue weighted by Gasteiger charge is -2.29. The quantitative estimate of drug-likeness (QED) is 0.585. The Balaban J connectivity index is 0.00000288. The number of amides is 3. The van der Waals surface area contributed by atoms with Gasteiger partial charge < -0.3 is 21.7 Å². The van der Waals surface area contributed by atoms with E-state index < -0.39 is 6.03 Å². The van der Waals surface area contributed by atoms with Gasteiger partial charge in [0.05, 0.1) is 12.1 Å². The molecule has 1 unspecified atom stereocenters. The molecule has 0 spiro atoms. The molecular weight excluding hydrogens is 351 g/mol. The molecule has 1 aromatic carbocycles. The second-order valence-corrected chi connectivity index (χ2v) is 6.54. The van der Waals surface area contributed by atoms with Gasteiger partial charge in [-0.3, -0.25) is 4.79 Å². The minimum absolute atomic E-state index is 0. The summed E-state index contributed by atoms with van der Waals surface area (Å²) in [6.07, 6.45) is 2.17. The minimum Gasteiger partial charge on any atom is -0.348 e. The summed E-state index contributed by atoms with van der Waals surface area (Å²) in [5.74, 6) is 0.210. The monoisotopic (exact) mass is 374 g/mol. The second kappa shape index (κ2) is 9.11. The summed E-state index contributed by atoms with van der Waals surface area (Å²) in [5.41, 5.74) is 6.30. The standard InChI is InChI=1S/C16H23ClN4O2.ClH/c1-16(10-18,12-4-5-12)21-14(22)9-20-15(23)19-8-11-2-6-13(17)7-3-11;/h2-3,6-7,12H,4-5,8-10,18H2,1H3,(H,21,22)(H2,19,20,23);1H. The van der Waals surface area contributed by atoms with Gasteiger partial charge in [0.1, 0.15) is 0 Å². The van der Waals surface area contributed by atoms with Crippen LogP contribution < -0.4 is 21.7 Å². The van der Waals surface area contributed by atoms with Crippen LogP contribution in [0.2, 0.25) is 5.02 Å². The molecule has 0 aliphatic heterocycles. The predicted molar refractivity (Wildman–Crippen MR) is 97.3 cm³/mol. The van der Waals surface area contributed by atoms with Gasteiger partial charge in [-0.1, -0.05) is 23.7 Å². The van der Waals surface area contributed by atoms with Gasteiger partial charge in [0, 0.05) is 18.1 Å². The number of nitrogens with two attached hydrogens (primary N) is 1. The van der Waals surface area contributed by atoms with Crippen LogP contribution in [0.15, 0.2) is 24.3 Å². The summed E-state index contributed by atoms with van der Waals surface area (Å²) < 4.78 is 0. The first-order chi connectivity index (χ1) is 10.9. The molecule has 1 aliphatic carbocycles. The highest BCUT2D eigenvalue weighted by Crippen LogP contribution is 2.38. The predicted octanol–water partition coefficient (Wildman–Crippen LogP) is 1.80. The number of benzene rings is 1. The summed E-state index contributed by atoms with van der Waals surface area (Å²) in [7, 11) is 0. The second-order valence-electron chi connectivity index (χ2n) is 6.11. The first-order valence-corrected chi connectivity index (χ1v) is 8.08. The number of carbonyl (C=O) groups excluding carboxylic acids is 2. The Morgan fingerprint density at radius 3 is 2.42 bits per heavy atom. The molecule has 3 amide bonds. The maximum absolute atomic E-state index is 11.9. The number of hydrogen-bond acceptors (Lipinski definition) is 3. The lowest BCUT2D eigenvalue weighted by atomic mass is 9.96. The van der Waals surface area contributed by atoms with Crippen LogP contribution in [0.5, 0.6) is 0 Å². The Morgan fingerprint density at radius 1 is 1.25 bits per heavy atom. The zero-order chi connectivity index (χ0) is 16.9. The molecule has 0 bridgehead atoms. The molecule has 6 nitrogen and oxygen atoms in total. The van der Waals surface area contributed by atoms with E-state index in [9.17, 15) is 9.59 Å². The van der Waals surface area contributed by atoms with Crippen LogP contribution in [0, 0.1) is 5.92 Å². The van der Waals surface area contributed by atoms with Crippen molar-refractivity contribution in [1.29, 1.82) is 0 Å². The van der Waals surface area contributed by atoms with Crippen molar-refractivity contribution >= 4 is 35.9 Å². The number of carbonyl (C=O) groups is 2. The van der Waals surface area contributed by atoms with Crippen LogP contribution in [-0.4, -0.2) is 30.6 Å². The third-order valence-corrected chi connectivity index (χ3v) is 4.36. The van der Waals surface area contributed by atoms with E-state index in [2.05, 4.69) is 16.0 Å². The smallest absolute Gasteiger partial charge is 0.315 e. The molecule has 1 fully saturated rings. The molecule has 0 heterocycles. The molecule has 1 aromatic rings. The van der Waals surface area contributed by atoms with Crippen LogP contribution in [0.1, 0.15) is 25.3 Å².